The van der Waals surface area contributed by atoms with Gasteiger partial charge in [0.05, 0.1) is 17.8 Å². The van der Waals surface area contributed by atoms with Gasteiger partial charge in [0, 0.05) is 25.9 Å². The van der Waals surface area contributed by atoms with E-state index in [1.807, 2.05) is 17.0 Å². The Morgan fingerprint density at radius 3 is 2.65 bits per heavy atom. The maximum absolute atomic E-state index is 12.6. The molecule has 0 aliphatic carbocycles. The lowest BCUT2D eigenvalue weighted by atomic mass is 9.80. The number of carbonyl (C=O) groups excluding carboxylic acids is 1. The van der Waals surface area contributed by atoms with Crippen molar-refractivity contribution in [1.29, 1.82) is 0 Å². The van der Waals surface area contributed by atoms with Crippen LogP contribution in [0.5, 0.6) is 0 Å². The summed E-state index contributed by atoms with van der Waals surface area (Å²) in [6.45, 7) is 7.89. The topological polar surface area (TPSA) is 49.8 Å². The Hall–Kier alpha value is -1.39. The van der Waals surface area contributed by atoms with Crippen LogP contribution in [0.15, 0.2) is 24.3 Å². The van der Waals surface area contributed by atoms with Gasteiger partial charge in [0.15, 0.2) is 0 Å². The van der Waals surface area contributed by atoms with Gasteiger partial charge in [-0.2, -0.15) is 0 Å². The Balaban J connectivity index is 1.53. The number of rotatable bonds is 4. The monoisotopic (exact) mass is 359 g/mol. The highest BCUT2D eigenvalue weighted by Gasteiger charge is 2.44. The number of benzene rings is 1. The van der Waals surface area contributed by atoms with Gasteiger partial charge in [-0.1, -0.05) is 38.1 Å². The van der Waals surface area contributed by atoms with Crippen molar-refractivity contribution in [1.82, 2.24) is 4.90 Å². The molecule has 2 aliphatic heterocycles. The molecule has 0 unspecified atom stereocenters. The zero-order valence-corrected chi connectivity index (χ0v) is 16.4. The first-order valence-corrected chi connectivity index (χ1v) is 10.1. The van der Waals surface area contributed by atoms with Gasteiger partial charge in [-0.25, -0.2) is 0 Å². The zero-order valence-electron chi connectivity index (χ0n) is 16.4. The van der Waals surface area contributed by atoms with Crippen LogP contribution in [-0.2, 0) is 16.0 Å². The summed E-state index contributed by atoms with van der Waals surface area (Å²) in [6.07, 6.45) is 4.34. The number of hydrogen-bond donors (Lipinski definition) is 1. The molecule has 1 N–H and O–H groups in total. The van der Waals surface area contributed by atoms with Crippen LogP contribution in [0.3, 0.4) is 0 Å². The number of nitrogens with zero attached hydrogens (tertiary/aromatic N) is 1. The van der Waals surface area contributed by atoms with Crippen LogP contribution in [0.4, 0.5) is 0 Å². The van der Waals surface area contributed by atoms with Crippen LogP contribution in [0, 0.1) is 12.8 Å². The first-order valence-electron chi connectivity index (χ1n) is 10.1. The Morgan fingerprint density at radius 1 is 1.31 bits per heavy atom. The Morgan fingerprint density at radius 2 is 2.00 bits per heavy atom. The van der Waals surface area contributed by atoms with Crippen LogP contribution in [0.1, 0.15) is 57.1 Å². The third-order valence-electron chi connectivity index (χ3n) is 6.15. The summed E-state index contributed by atoms with van der Waals surface area (Å²) < 4.78 is 6.42. The lowest BCUT2D eigenvalue weighted by molar-refractivity contribution is -0.193. The zero-order chi connectivity index (χ0) is 18.7. The first-order chi connectivity index (χ1) is 12.4. The van der Waals surface area contributed by atoms with Gasteiger partial charge in [-0.3, -0.25) is 4.79 Å². The Bertz CT molecular complexity index is 620. The summed E-state index contributed by atoms with van der Waals surface area (Å²) in [5.41, 5.74) is 2.27. The molecule has 3 rings (SSSR count). The number of aryl methyl sites for hydroxylation is 2. The average molecular weight is 360 g/mol. The molecule has 4 heteroatoms. The van der Waals surface area contributed by atoms with Crippen LogP contribution >= 0.6 is 0 Å². The lowest BCUT2D eigenvalue weighted by Gasteiger charge is -2.48. The summed E-state index contributed by atoms with van der Waals surface area (Å²) in [5.74, 6) is 0.649. The van der Waals surface area contributed by atoms with Gasteiger partial charge in [0.2, 0.25) is 5.91 Å². The minimum Gasteiger partial charge on any atom is -0.393 e. The van der Waals surface area contributed by atoms with Crippen molar-refractivity contribution in [3.8, 4) is 0 Å². The Kier molecular flexibility index (Phi) is 6.03. The highest BCUT2D eigenvalue weighted by atomic mass is 16.5. The van der Waals surface area contributed by atoms with E-state index < -0.39 is 0 Å². The van der Waals surface area contributed by atoms with Crippen molar-refractivity contribution in [2.24, 2.45) is 5.92 Å². The molecule has 2 fully saturated rings. The fourth-order valence-electron chi connectivity index (χ4n) is 4.38. The number of aliphatic hydroxyl groups excluding tert-OH is 1. The van der Waals surface area contributed by atoms with Gasteiger partial charge in [0.25, 0.3) is 0 Å². The molecule has 4 nitrogen and oxygen atoms in total. The molecule has 1 aromatic carbocycles. The molecule has 2 saturated heterocycles. The summed E-state index contributed by atoms with van der Waals surface area (Å²) >= 11 is 0. The molecule has 1 aromatic rings. The highest BCUT2D eigenvalue weighted by Crippen LogP contribution is 2.39. The van der Waals surface area contributed by atoms with Gasteiger partial charge in [-0.15, -0.1) is 0 Å². The SMILES string of the molecule is Cc1ccccc1CCC(=O)N1CCC2(CC1)C[C@H](O)C[C@H](C(C)C)O2. The van der Waals surface area contributed by atoms with Gasteiger partial charge in [-0.05, 0) is 49.7 Å². The van der Waals surface area contributed by atoms with Crippen LogP contribution < -0.4 is 0 Å². The largest absolute Gasteiger partial charge is 0.393 e. The highest BCUT2D eigenvalue weighted by molar-refractivity contribution is 5.76. The maximum atomic E-state index is 12.6. The van der Waals surface area contributed by atoms with Gasteiger partial charge in [0.1, 0.15) is 0 Å². The number of hydrogen-bond acceptors (Lipinski definition) is 3. The third-order valence-corrected chi connectivity index (χ3v) is 6.15. The molecule has 2 atom stereocenters. The number of likely N-dealkylation sites (tertiary alicyclic amines) is 1. The predicted molar refractivity (Wildman–Crippen MR) is 103 cm³/mol. The number of carbonyl (C=O) groups is 1. The molecule has 0 bridgehead atoms. The van der Waals surface area contributed by atoms with Crippen molar-refractivity contribution in [2.45, 2.75) is 77.1 Å². The number of piperidine rings is 1. The second-order valence-corrected chi connectivity index (χ2v) is 8.48. The fourth-order valence-corrected chi connectivity index (χ4v) is 4.38. The number of ether oxygens (including phenoxy) is 1. The Labute approximate surface area is 157 Å². The van der Waals surface area contributed by atoms with E-state index in [1.165, 1.54) is 11.1 Å². The summed E-state index contributed by atoms with van der Waals surface area (Å²) in [5, 5.41) is 10.3. The summed E-state index contributed by atoms with van der Waals surface area (Å²) in [4.78, 5) is 14.6. The maximum Gasteiger partial charge on any atom is 0.222 e. The van der Waals surface area contributed by atoms with Crippen molar-refractivity contribution >= 4 is 5.91 Å². The second kappa shape index (κ2) is 8.10. The fraction of sp³-hybridized carbons (Fsp3) is 0.682. The molecule has 2 heterocycles. The number of aliphatic hydroxyl groups is 1. The van der Waals surface area contributed by atoms with Gasteiger partial charge < -0.3 is 14.7 Å². The predicted octanol–water partition coefficient (Wildman–Crippen LogP) is 3.48. The smallest absolute Gasteiger partial charge is 0.222 e. The van der Waals surface area contributed by atoms with Crippen molar-refractivity contribution in [2.75, 3.05) is 13.1 Å². The molecule has 0 saturated carbocycles. The van der Waals surface area contributed by atoms with E-state index in [9.17, 15) is 9.90 Å². The van der Waals surface area contributed by atoms with E-state index in [1.54, 1.807) is 0 Å². The van der Waals surface area contributed by atoms with E-state index in [0.717, 1.165) is 38.8 Å². The average Bonchev–Trinajstić information content (AvgIpc) is 2.60. The lowest BCUT2D eigenvalue weighted by Crippen LogP contribution is -2.54. The van der Waals surface area contributed by atoms with Crippen molar-refractivity contribution in [3.63, 3.8) is 0 Å². The quantitative estimate of drug-likeness (QED) is 0.895. The molecule has 144 valence electrons. The molecule has 0 aromatic heterocycles. The van der Waals surface area contributed by atoms with Crippen LogP contribution in [0.2, 0.25) is 0 Å². The van der Waals surface area contributed by atoms with E-state index in [0.29, 0.717) is 18.8 Å². The standard InChI is InChI=1S/C22H33NO3/c1-16(2)20-14-19(24)15-22(26-20)10-12-23(13-11-22)21(25)9-8-18-7-5-4-6-17(18)3/h4-7,16,19-20,24H,8-15H2,1-3H3/t19-,20-/m1/s1. The molecular formula is C22H33NO3. The molecule has 0 radical (unpaired) electrons. The summed E-state index contributed by atoms with van der Waals surface area (Å²) in [6, 6.07) is 8.28. The first kappa shape index (κ1) is 19.4. The summed E-state index contributed by atoms with van der Waals surface area (Å²) in [7, 11) is 0. The molecule has 1 amide bonds. The third kappa shape index (κ3) is 4.47. The van der Waals surface area contributed by atoms with E-state index in [4.69, 9.17) is 4.74 Å². The van der Waals surface area contributed by atoms with E-state index in [2.05, 4.69) is 32.9 Å². The van der Waals surface area contributed by atoms with Crippen LogP contribution in [0.25, 0.3) is 0 Å². The minimum absolute atomic E-state index is 0.127. The molecule has 26 heavy (non-hydrogen) atoms. The van der Waals surface area contributed by atoms with Crippen molar-refractivity contribution < 1.29 is 14.6 Å². The minimum atomic E-state index is -0.278. The van der Waals surface area contributed by atoms with Crippen molar-refractivity contribution in [3.05, 3.63) is 35.4 Å². The normalized spacial score (nSPS) is 25.7. The van der Waals surface area contributed by atoms with E-state index in [-0.39, 0.29) is 23.7 Å². The second-order valence-electron chi connectivity index (χ2n) is 8.48. The number of amides is 1. The molecule has 1 spiro atoms. The molecule has 2 aliphatic rings. The molecular weight excluding hydrogens is 326 g/mol. The van der Waals surface area contributed by atoms with E-state index >= 15 is 0 Å². The van der Waals surface area contributed by atoms with Gasteiger partial charge >= 0.3 is 0 Å². The van der Waals surface area contributed by atoms with Crippen LogP contribution in [-0.4, -0.2) is 46.8 Å².